The number of aliphatic carboxylic acids is 1. The smallest absolute Gasteiger partial charge is 0.475 e. The van der Waals surface area contributed by atoms with Crippen molar-refractivity contribution in [1.29, 1.82) is 0 Å². The average molecular weight is 408 g/mol. The lowest BCUT2D eigenvalue weighted by Crippen LogP contribution is -2.39. The Morgan fingerprint density at radius 1 is 1.32 bits per heavy atom. The molecule has 28 heavy (non-hydrogen) atoms. The van der Waals surface area contributed by atoms with Gasteiger partial charge in [0, 0.05) is 39.6 Å². The Labute approximate surface area is 159 Å². The molecule has 0 aliphatic carbocycles. The van der Waals surface area contributed by atoms with Crippen LogP contribution in [0.25, 0.3) is 0 Å². The first-order chi connectivity index (χ1) is 12.8. The van der Waals surface area contributed by atoms with E-state index in [0.717, 1.165) is 18.0 Å². The van der Waals surface area contributed by atoms with E-state index in [9.17, 15) is 22.8 Å². The number of aromatic nitrogens is 1. The predicted octanol–water partition coefficient (Wildman–Crippen LogP) is 0.892. The molecule has 0 bridgehead atoms. The lowest BCUT2D eigenvalue weighted by Gasteiger charge is -2.25. The topological polar surface area (TPSA) is 116 Å². The number of likely N-dealkylation sites (N-methyl/N-ethyl adjacent to an activating group) is 1. The van der Waals surface area contributed by atoms with E-state index in [1.807, 2.05) is 18.7 Å². The zero-order chi connectivity index (χ0) is 21.6. The molecule has 12 heteroatoms. The molecule has 0 saturated heterocycles. The van der Waals surface area contributed by atoms with Gasteiger partial charge >= 0.3 is 18.1 Å². The maximum Gasteiger partial charge on any atom is 0.490 e. The Morgan fingerprint density at radius 2 is 1.89 bits per heavy atom. The Kier molecular flexibility index (Phi) is 7.97. The second-order valence-electron chi connectivity index (χ2n) is 6.57. The number of carbonyl (C=O) groups excluding carboxylic acids is 2. The summed E-state index contributed by atoms with van der Waals surface area (Å²) in [5.41, 5.74) is 0.752. The number of carbonyl (C=O) groups is 3. The fourth-order valence-corrected chi connectivity index (χ4v) is 2.14. The third-order valence-electron chi connectivity index (χ3n) is 3.52. The second-order valence-corrected chi connectivity index (χ2v) is 6.57. The number of fused-ring (bicyclic) bond motifs is 1. The summed E-state index contributed by atoms with van der Waals surface area (Å²) in [6, 6.07) is 0.0376. The summed E-state index contributed by atoms with van der Waals surface area (Å²) in [6.45, 7) is 5.39. The molecule has 1 aliphatic rings. The number of nitrogens with one attached hydrogen (secondary N) is 1. The van der Waals surface area contributed by atoms with Crippen LogP contribution in [0.15, 0.2) is 4.42 Å². The normalized spacial score (nSPS) is 14.0. The van der Waals surface area contributed by atoms with Gasteiger partial charge in [0.15, 0.2) is 0 Å². The van der Waals surface area contributed by atoms with E-state index in [-0.39, 0.29) is 23.7 Å². The van der Waals surface area contributed by atoms with Crippen LogP contribution in [-0.2, 0) is 22.6 Å². The van der Waals surface area contributed by atoms with E-state index in [0.29, 0.717) is 19.5 Å². The summed E-state index contributed by atoms with van der Waals surface area (Å²) in [6.07, 6.45) is -4.42. The standard InChI is InChI=1S/C14H22N4O3.C2HF3O2/c1-9(2)15-13(20)14-16-10-7-18(6-5-11(10)21-14)8-12(19)17(3)4;3-2(4,5)1(6)7/h9H,5-8H2,1-4H3,(H,15,20);(H,6,7). The van der Waals surface area contributed by atoms with E-state index >= 15 is 0 Å². The maximum atomic E-state index is 11.9. The van der Waals surface area contributed by atoms with Crippen molar-refractivity contribution in [3.05, 3.63) is 17.3 Å². The van der Waals surface area contributed by atoms with Gasteiger partial charge < -0.3 is 19.7 Å². The van der Waals surface area contributed by atoms with Gasteiger partial charge in [-0.05, 0) is 13.8 Å². The minimum Gasteiger partial charge on any atom is -0.475 e. The zero-order valence-electron chi connectivity index (χ0n) is 16.0. The Morgan fingerprint density at radius 3 is 2.36 bits per heavy atom. The molecule has 0 fully saturated rings. The van der Waals surface area contributed by atoms with Gasteiger partial charge in [-0.3, -0.25) is 14.5 Å². The van der Waals surface area contributed by atoms with Crippen LogP contribution in [0.3, 0.4) is 0 Å². The van der Waals surface area contributed by atoms with Gasteiger partial charge in [-0.2, -0.15) is 13.2 Å². The Bertz CT molecular complexity index is 716. The van der Waals surface area contributed by atoms with Crippen LogP contribution in [0.1, 0.15) is 36.0 Å². The molecule has 0 spiro atoms. The molecular weight excluding hydrogens is 385 g/mol. The monoisotopic (exact) mass is 408 g/mol. The molecule has 1 aromatic heterocycles. The van der Waals surface area contributed by atoms with Crippen molar-refractivity contribution < 1.29 is 37.1 Å². The van der Waals surface area contributed by atoms with Crippen molar-refractivity contribution in [2.45, 2.75) is 39.0 Å². The van der Waals surface area contributed by atoms with Crippen molar-refractivity contribution >= 4 is 17.8 Å². The van der Waals surface area contributed by atoms with Crippen LogP contribution >= 0.6 is 0 Å². The highest BCUT2D eigenvalue weighted by Crippen LogP contribution is 2.19. The van der Waals surface area contributed by atoms with Crippen molar-refractivity contribution in [3.8, 4) is 0 Å². The van der Waals surface area contributed by atoms with Gasteiger partial charge in [0.2, 0.25) is 5.91 Å². The molecular formula is C16H23F3N4O5. The highest BCUT2D eigenvalue weighted by molar-refractivity contribution is 5.89. The summed E-state index contributed by atoms with van der Waals surface area (Å²) in [4.78, 5) is 40.4. The van der Waals surface area contributed by atoms with Crippen LogP contribution in [0.2, 0.25) is 0 Å². The van der Waals surface area contributed by atoms with E-state index in [1.165, 1.54) is 0 Å². The molecule has 2 N–H and O–H groups in total. The third kappa shape index (κ3) is 7.18. The number of amides is 2. The quantitative estimate of drug-likeness (QED) is 0.760. The van der Waals surface area contributed by atoms with Gasteiger partial charge in [-0.1, -0.05) is 0 Å². The van der Waals surface area contributed by atoms with Crippen LogP contribution in [0.4, 0.5) is 13.2 Å². The number of carboxylic acids is 1. The summed E-state index contributed by atoms with van der Waals surface area (Å²) in [5.74, 6) is -2.14. The Hall–Kier alpha value is -2.63. The first kappa shape index (κ1) is 23.4. The van der Waals surface area contributed by atoms with Gasteiger partial charge in [-0.15, -0.1) is 0 Å². The molecule has 0 unspecified atom stereocenters. The summed E-state index contributed by atoms with van der Waals surface area (Å²) in [5, 5.41) is 9.88. The summed E-state index contributed by atoms with van der Waals surface area (Å²) in [7, 11) is 3.48. The van der Waals surface area contributed by atoms with Crippen LogP contribution in [0, 0.1) is 0 Å². The van der Waals surface area contributed by atoms with Crippen LogP contribution < -0.4 is 5.32 Å². The Balaban J connectivity index is 0.000000480. The average Bonchev–Trinajstić information content (AvgIpc) is 2.97. The number of halogens is 3. The van der Waals surface area contributed by atoms with Gasteiger partial charge in [0.05, 0.1) is 12.2 Å². The summed E-state index contributed by atoms with van der Waals surface area (Å²) >= 11 is 0. The van der Waals surface area contributed by atoms with E-state index in [4.69, 9.17) is 14.3 Å². The number of nitrogens with zero attached hydrogens (tertiary/aromatic N) is 3. The molecule has 1 aromatic rings. The molecule has 158 valence electrons. The number of carboxylic acid groups (broad SMARTS) is 1. The van der Waals surface area contributed by atoms with Crippen LogP contribution in [0.5, 0.6) is 0 Å². The van der Waals surface area contributed by atoms with Crippen LogP contribution in [-0.4, -0.2) is 77.1 Å². The molecule has 0 radical (unpaired) electrons. The van der Waals surface area contributed by atoms with Crippen molar-refractivity contribution in [3.63, 3.8) is 0 Å². The highest BCUT2D eigenvalue weighted by Gasteiger charge is 2.38. The molecule has 0 saturated carbocycles. The van der Waals surface area contributed by atoms with Gasteiger partial charge in [0.1, 0.15) is 5.76 Å². The largest absolute Gasteiger partial charge is 0.490 e. The fourth-order valence-electron chi connectivity index (χ4n) is 2.14. The van der Waals surface area contributed by atoms with Crippen molar-refractivity contribution in [2.75, 3.05) is 27.2 Å². The molecule has 2 heterocycles. The van der Waals surface area contributed by atoms with Crippen molar-refractivity contribution in [2.24, 2.45) is 0 Å². The molecule has 1 aliphatic heterocycles. The third-order valence-corrected chi connectivity index (χ3v) is 3.52. The number of oxazole rings is 1. The highest BCUT2D eigenvalue weighted by atomic mass is 19.4. The molecule has 2 rings (SSSR count). The lowest BCUT2D eigenvalue weighted by atomic mass is 10.1. The first-order valence-electron chi connectivity index (χ1n) is 8.33. The molecule has 9 nitrogen and oxygen atoms in total. The number of rotatable bonds is 4. The van der Waals surface area contributed by atoms with E-state index in [1.54, 1.807) is 19.0 Å². The molecule has 0 atom stereocenters. The predicted molar refractivity (Wildman–Crippen MR) is 90.5 cm³/mol. The number of alkyl halides is 3. The lowest BCUT2D eigenvalue weighted by molar-refractivity contribution is -0.192. The minimum absolute atomic E-state index is 0.0376. The zero-order valence-corrected chi connectivity index (χ0v) is 16.0. The molecule has 2 amide bonds. The van der Waals surface area contributed by atoms with E-state index in [2.05, 4.69) is 10.3 Å². The van der Waals surface area contributed by atoms with E-state index < -0.39 is 12.1 Å². The summed E-state index contributed by atoms with van der Waals surface area (Å²) < 4.78 is 37.3. The van der Waals surface area contributed by atoms with Gasteiger partial charge in [0.25, 0.3) is 5.89 Å². The minimum atomic E-state index is -5.08. The van der Waals surface area contributed by atoms with Gasteiger partial charge in [-0.25, -0.2) is 9.78 Å². The number of hydrogen-bond acceptors (Lipinski definition) is 6. The SMILES string of the molecule is CC(C)NC(=O)c1nc2c(o1)CCN(CC(=O)N(C)C)C2.O=C(O)C(F)(F)F. The second kappa shape index (κ2) is 9.53. The number of hydrogen-bond donors (Lipinski definition) is 2. The molecule has 0 aromatic carbocycles. The first-order valence-corrected chi connectivity index (χ1v) is 8.33. The fraction of sp³-hybridized carbons (Fsp3) is 0.625. The maximum absolute atomic E-state index is 11.9. The van der Waals surface area contributed by atoms with Crippen molar-refractivity contribution in [1.82, 2.24) is 20.1 Å².